The molecule has 6 nitrogen and oxygen atoms in total. The Labute approximate surface area is 161 Å². The van der Waals surface area contributed by atoms with Gasteiger partial charge in [0.25, 0.3) is 0 Å². The Hall–Kier alpha value is -1.44. The van der Waals surface area contributed by atoms with Gasteiger partial charge in [0.1, 0.15) is 6.61 Å². The van der Waals surface area contributed by atoms with Crippen molar-refractivity contribution in [1.29, 1.82) is 0 Å². The summed E-state index contributed by atoms with van der Waals surface area (Å²) >= 11 is 3.47. The molecule has 2 amide bonds. The zero-order chi connectivity index (χ0) is 18.1. The molecule has 7 heteroatoms. The van der Waals surface area contributed by atoms with Crippen LogP contribution in [0.4, 0.5) is 4.79 Å². The number of imide groups is 1. The van der Waals surface area contributed by atoms with Crippen molar-refractivity contribution in [2.24, 2.45) is 5.92 Å². The van der Waals surface area contributed by atoms with Gasteiger partial charge in [-0.3, -0.25) is 9.69 Å². The molecule has 0 spiro atoms. The molecule has 3 aliphatic heterocycles. The number of likely N-dealkylation sites (tertiary alicyclic amines) is 1. The fraction of sp³-hybridized carbons (Fsp3) is 0.579. The molecule has 140 valence electrons. The first kappa shape index (κ1) is 17.9. The molecule has 3 saturated heterocycles. The number of carbonyl (C=O) groups is 2. The Kier molecular flexibility index (Phi) is 5.29. The number of rotatable bonds is 3. The van der Waals surface area contributed by atoms with Crippen LogP contribution >= 0.6 is 15.9 Å². The number of hydrogen-bond acceptors (Lipinski definition) is 5. The number of cyclic esters (lactones) is 1. The summed E-state index contributed by atoms with van der Waals surface area (Å²) in [6.45, 7) is 3.74. The van der Waals surface area contributed by atoms with Crippen molar-refractivity contribution in [3.8, 4) is 0 Å². The van der Waals surface area contributed by atoms with Crippen molar-refractivity contribution in [3.05, 3.63) is 34.3 Å². The molecular weight excluding hydrogens is 400 g/mol. The second-order valence-corrected chi connectivity index (χ2v) is 8.08. The van der Waals surface area contributed by atoms with E-state index in [0.29, 0.717) is 25.7 Å². The van der Waals surface area contributed by atoms with Crippen LogP contribution in [0.5, 0.6) is 0 Å². The van der Waals surface area contributed by atoms with Gasteiger partial charge in [0.2, 0.25) is 5.91 Å². The second-order valence-electron chi connectivity index (χ2n) is 7.17. The number of benzene rings is 1. The smallest absolute Gasteiger partial charge is 0.416 e. The predicted octanol–water partition coefficient (Wildman–Crippen LogP) is 2.62. The molecular formula is C19H23BrN2O4. The average Bonchev–Trinajstić information content (AvgIpc) is 3.29. The Morgan fingerprint density at radius 2 is 1.81 bits per heavy atom. The molecule has 0 saturated carbocycles. The van der Waals surface area contributed by atoms with Gasteiger partial charge in [0.05, 0.1) is 12.5 Å². The highest BCUT2D eigenvalue weighted by molar-refractivity contribution is 9.10. The van der Waals surface area contributed by atoms with Crippen LogP contribution in [0.2, 0.25) is 0 Å². The summed E-state index contributed by atoms with van der Waals surface area (Å²) in [7, 11) is 0. The number of amides is 2. The molecule has 4 rings (SSSR count). The third-order valence-electron chi connectivity index (χ3n) is 5.70. The van der Waals surface area contributed by atoms with Crippen LogP contribution in [0.3, 0.4) is 0 Å². The molecule has 0 aliphatic carbocycles. The first-order valence-electron chi connectivity index (χ1n) is 9.19. The highest BCUT2D eigenvalue weighted by Gasteiger charge is 2.44. The van der Waals surface area contributed by atoms with Gasteiger partial charge in [0, 0.05) is 42.7 Å². The number of hydrogen-bond donors (Lipinski definition) is 0. The zero-order valence-electron chi connectivity index (χ0n) is 14.6. The third kappa shape index (κ3) is 3.52. The highest BCUT2D eigenvalue weighted by atomic mass is 79.9. The van der Waals surface area contributed by atoms with Crippen molar-refractivity contribution >= 4 is 27.9 Å². The molecule has 0 radical (unpaired) electrons. The monoisotopic (exact) mass is 422 g/mol. The van der Waals surface area contributed by atoms with E-state index in [4.69, 9.17) is 9.47 Å². The summed E-state index contributed by atoms with van der Waals surface area (Å²) in [6, 6.07) is 8.62. The van der Waals surface area contributed by atoms with Gasteiger partial charge in [-0.2, -0.15) is 0 Å². The topological polar surface area (TPSA) is 59.1 Å². The number of nitrogens with zero attached hydrogens (tertiary/aromatic N) is 2. The van der Waals surface area contributed by atoms with E-state index in [1.807, 2.05) is 12.1 Å². The Morgan fingerprint density at radius 1 is 1.08 bits per heavy atom. The van der Waals surface area contributed by atoms with Gasteiger partial charge in [-0.15, -0.1) is 0 Å². The molecule has 0 N–H and O–H groups in total. The lowest BCUT2D eigenvalue weighted by atomic mass is 9.88. The predicted molar refractivity (Wildman–Crippen MR) is 98.8 cm³/mol. The van der Waals surface area contributed by atoms with E-state index in [2.05, 4.69) is 33.0 Å². The van der Waals surface area contributed by atoms with Gasteiger partial charge < -0.3 is 9.47 Å². The van der Waals surface area contributed by atoms with E-state index >= 15 is 0 Å². The van der Waals surface area contributed by atoms with E-state index < -0.39 is 6.09 Å². The normalized spacial score (nSPS) is 27.7. The minimum atomic E-state index is -0.505. The van der Waals surface area contributed by atoms with Crippen LogP contribution in [-0.2, 0) is 14.3 Å². The first-order valence-corrected chi connectivity index (χ1v) is 9.98. The summed E-state index contributed by atoms with van der Waals surface area (Å²) in [5.41, 5.74) is 1.15. The summed E-state index contributed by atoms with van der Waals surface area (Å²) in [4.78, 5) is 28.7. The van der Waals surface area contributed by atoms with Gasteiger partial charge in [0.15, 0.2) is 0 Å². The molecule has 1 aromatic carbocycles. The summed E-state index contributed by atoms with van der Waals surface area (Å²) in [5.74, 6) is -0.230. The third-order valence-corrected chi connectivity index (χ3v) is 6.23. The second kappa shape index (κ2) is 7.66. The van der Waals surface area contributed by atoms with Gasteiger partial charge in [-0.1, -0.05) is 28.1 Å². The zero-order valence-corrected chi connectivity index (χ0v) is 16.2. The molecule has 2 atom stereocenters. The fourth-order valence-corrected chi connectivity index (χ4v) is 4.54. The van der Waals surface area contributed by atoms with Crippen molar-refractivity contribution < 1.29 is 19.1 Å². The minimum absolute atomic E-state index is 0.0897. The molecule has 3 aliphatic rings. The molecule has 0 bridgehead atoms. The number of ether oxygens (including phenoxy) is 2. The van der Waals surface area contributed by atoms with E-state index in [9.17, 15) is 9.59 Å². The minimum Gasteiger partial charge on any atom is -0.447 e. The van der Waals surface area contributed by atoms with Crippen molar-refractivity contribution in [2.45, 2.75) is 24.8 Å². The van der Waals surface area contributed by atoms with E-state index in [0.717, 1.165) is 42.6 Å². The molecule has 1 aromatic rings. The maximum absolute atomic E-state index is 13.1. The van der Waals surface area contributed by atoms with Crippen molar-refractivity contribution in [2.75, 3.05) is 39.5 Å². The Balaban J connectivity index is 1.58. The van der Waals surface area contributed by atoms with Crippen LogP contribution in [-0.4, -0.2) is 67.3 Å². The van der Waals surface area contributed by atoms with E-state index in [-0.39, 0.29) is 17.7 Å². The van der Waals surface area contributed by atoms with Crippen LogP contribution in [0.1, 0.15) is 24.3 Å². The summed E-state index contributed by atoms with van der Waals surface area (Å²) in [6.07, 6.45) is 1.49. The standard InChI is InChI=1S/C19H23BrN2O4/c20-14-3-1-13(2-4-14)16-11-21(15-5-8-25-9-6-15)12-17(16)18(23)22-7-10-26-19(22)24/h1-4,15-17H,5-12H2. The van der Waals surface area contributed by atoms with Crippen LogP contribution in [0, 0.1) is 5.92 Å². The SMILES string of the molecule is O=C1OCCN1C(=O)C1CN(C2CCOCC2)CC1c1ccc(Br)cc1. The molecule has 2 unspecified atom stereocenters. The van der Waals surface area contributed by atoms with Crippen LogP contribution in [0.15, 0.2) is 28.7 Å². The summed E-state index contributed by atoms with van der Waals surface area (Å²) in [5, 5.41) is 0. The van der Waals surface area contributed by atoms with E-state index in [1.165, 1.54) is 4.90 Å². The Morgan fingerprint density at radius 3 is 2.46 bits per heavy atom. The fourth-order valence-electron chi connectivity index (χ4n) is 4.27. The van der Waals surface area contributed by atoms with Crippen molar-refractivity contribution in [3.63, 3.8) is 0 Å². The molecule has 26 heavy (non-hydrogen) atoms. The maximum Gasteiger partial charge on any atom is 0.416 e. The maximum atomic E-state index is 13.1. The van der Waals surface area contributed by atoms with Crippen molar-refractivity contribution in [1.82, 2.24) is 9.80 Å². The highest BCUT2D eigenvalue weighted by Crippen LogP contribution is 2.37. The molecule has 3 heterocycles. The molecule has 0 aromatic heterocycles. The van der Waals surface area contributed by atoms with Gasteiger partial charge in [-0.05, 0) is 30.5 Å². The average molecular weight is 423 g/mol. The molecule has 3 fully saturated rings. The number of carbonyl (C=O) groups excluding carboxylic acids is 2. The lowest BCUT2D eigenvalue weighted by molar-refractivity contribution is -0.132. The largest absolute Gasteiger partial charge is 0.447 e. The van der Waals surface area contributed by atoms with Gasteiger partial charge >= 0.3 is 6.09 Å². The lowest BCUT2D eigenvalue weighted by Crippen LogP contribution is -2.41. The van der Waals surface area contributed by atoms with Gasteiger partial charge in [-0.25, -0.2) is 9.69 Å². The Bertz CT molecular complexity index is 675. The quantitative estimate of drug-likeness (QED) is 0.748. The van der Waals surface area contributed by atoms with Crippen LogP contribution < -0.4 is 0 Å². The first-order chi connectivity index (χ1) is 12.6. The lowest BCUT2D eigenvalue weighted by Gasteiger charge is -2.31. The summed E-state index contributed by atoms with van der Waals surface area (Å²) < 4.78 is 11.5. The van der Waals surface area contributed by atoms with Crippen LogP contribution in [0.25, 0.3) is 0 Å². The van der Waals surface area contributed by atoms with E-state index in [1.54, 1.807) is 0 Å². The number of halogens is 1.